The highest BCUT2D eigenvalue weighted by Crippen LogP contribution is 2.36. The van der Waals surface area contributed by atoms with E-state index in [9.17, 15) is 24.4 Å². The first kappa shape index (κ1) is 27.1. The Morgan fingerprint density at radius 3 is 2.50 bits per heavy atom. The fourth-order valence-electron chi connectivity index (χ4n) is 4.67. The number of aromatic nitrogens is 1. The number of carbonyl (C=O) groups is 4. The maximum absolute atomic E-state index is 13.2. The minimum absolute atomic E-state index is 0.0232. The number of hydrogen-bond acceptors (Lipinski definition) is 9. The van der Waals surface area contributed by atoms with Crippen molar-refractivity contribution in [3.05, 3.63) is 82.5 Å². The van der Waals surface area contributed by atoms with Crippen LogP contribution in [0.1, 0.15) is 57.3 Å². The minimum atomic E-state index is -0.704. The van der Waals surface area contributed by atoms with Gasteiger partial charge in [0.15, 0.2) is 12.4 Å². The van der Waals surface area contributed by atoms with Gasteiger partial charge in [-0.2, -0.15) is 5.26 Å². The van der Waals surface area contributed by atoms with Gasteiger partial charge in [0.1, 0.15) is 16.8 Å². The molecule has 1 unspecified atom stereocenters. The number of anilines is 1. The van der Waals surface area contributed by atoms with Gasteiger partial charge in [-0.15, -0.1) is 0 Å². The lowest BCUT2D eigenvalue weighted by atomic mass is 10.1. The van der Waals surface area contributed by atoms with Crippen molar-refractivity contribution in [2.24, 2.45) is 0 Å². The lowest BCUT2D eigenvalue weighted by molar-refractivity contribution is -0.121. The van der Waals surface area contributed by atoms with Gasteiger partial charge in [-0.3, -0.25) is 14.4 Å². The van der Waals surface area contributed by atoms with Gasteiger partial charge in [0.2, 0.25) is 11.8 Å². The van der Waals surface area contributed by atoms with Crippen LogP contribution in [0.25, 0.3) is 0 Å². The van der Waals surface area contributed by atoms with E-state index < -0.39 is 23.7 Å². The fraction of sp³-hybridized carbons (Fsp3) is 0.267. The topological polar surface area (TPSA) is 127 Å². The molecule has 1 aromatic heterocycles. The minimum Gasteiger partial charge on any atom is -0.494 e. The summed E-state index contributed by atoms with van der Waals surface area (Å²) >= 11 is 1.14. The molecule has 202 valence electrons. The second kappa shape index (κ2) is 11.7. The van der Waals surface area contributed by atoms with E-state index in [2.05, 4.69) is 11.1 Å². The van der Waals surface area contributed by atoms with Gasteiger partial charge in [0.25, 0.3) is 0 Å². The Kier molecular flexibility index (Phi) is 7.94. The number of amides is 2. The Labute approximate surface area is 235 Å². The Bertz CT molecular complexity index is 1530. The van der Waals surface area contributed by atoms with Crippen molar-refractivity contribution in [2.45, 2.75) is 42.9 Å². The van der Waals surface area contributed by atoms with E-state index in [-0.39, 0.29) is 23.7 Å². The van der Waals surface area contributed by atoms with Gasteiger partial charge in [-0.25, -0.2) is 14.7 Å². The number of carbonyl (C=O) groups excluding carboxylic acids is 4. The third kappa shape index (κ3) is 5.60. The number of nitrogens with zero attached hydrogens (tertiary/aromatic N) is 3. The third-order valence-electron chi connectivity index (χ3n) is 6.68. The summed E-state index contributed by atoms with van der Waals surface area (Å²) in [4.78, 5) is 56.5. The molecule has 3 aromatic rings. The van der Waals surface area contributed by atoms with Crippen LogP contribution >= 0.6 is 11.8 Å². The number of ketones is 1. The van der Waals surface area contributed by atoms with Crippen molar-refractivity contribution in [2.75, 3.05) is 18.1 Å². The van der Waals surface area contributed by atoms with Crippen molar-refractivity contribution in [1.29, 1.82) is 5.26 Å². The zero-order valence-corrected chi connectivity index (χ0v) is 22.5. The first-order valence-corrected chi connectivity index (χ1v) is 13.8. The normalized spacial score (nSPS) is 16.0. The second-order valence-corrected chi connectivity index (χ2v) is 10.5. The summed E-state index contributed by atoms with van der Waals surface area (Å²) in [6, 6.07) is 16.4. The van der Waals surface area contributed by atoms with E-state index >= 15 is 0 Å². The molecular weight excluding hydrogens is 530 g/mol. The van der Waals surface area contributed by atoms with Crippen molar-refractivity contribution in [1.82, 2.24) is 4.98 Å². The van der Waals surface area contributed by atoms with Crippen molar-refractivity contribution >= 4 is 41.0 Å². The number of nitriles is 1. The Hall–Kier alpha value is -4.49. The number of fused-ring (bicyclic) bond motifs is 1. The van der Waals surface area contributed by atoms with E-state index in [1.807, 2.05) is 13.0 Å². The molecule has 2 heterocycles. The lowest BCUT2D eigenvalue weighted by Gasteiger charge is -2.15. The van der Waals surface area contributed by atoms with Crippen molar-refractivity contribution < 1.29 is 28.7 Å². The maximum atomic E-state index is 13.2. The number of Topliss-reactive ketones (excluding diaryl/α,β-unsaturated/α-hetero) is 1. The summed E-state index contributed by atoms with van der Waals surface area (Å²) < 4.78 is 10.5. The molecule has 1 fully saturated rings. The van der Waals surface area contributed by atoms with E-state index in [4.69, 9.17) is 9.47 Å². The Balaban J connectivity index is 1.21. The lowest BCUT2D eigenvalue weighted by Crippen LogP contribution is -2.31. The molecule has 5 rings (SSSR count). The highest BCUT2D eigenvalue weighted by molar-refractivity contribution is 8.00. The van der Waals surface area contributed by atoms with E-state index in [1.165, 1.54) is 24.3 Å². The highest BCUT2D eigenvalue weighted by atomic mass is 32.2. The summed E-state index contributed by atoms with van der Waals surface area (Å²) in [6.07, 6.45) is 2.69. The van der Waals surface area contributed by atoms with Crippen LogP contribution in [0.4, 0.5) is 5.69 Å². The van der Waals surface area contributed by atoms with Gasteiger partial charge in [-0.05, 0) is 86.3 Å². The SMILES string of the molecule is CCOc1ccc(C(=O)COC(=O)c2ccc(N3C(=O)CC(Sc4nc5c(cc4C#N)CCC5)C3=O)cc2)cc1. The molecule has 10 heteroatoms. The van der Waals surface area contributed by atoms with E-state index in [0.29, 0.717) is 34.2 Å². The Morgan fingerprint density at radius 2 is 1.80 bits per heavy atom. The molecule has 0 bridgehead atoms. The zero-order chi connectivity index (χ0) is 28.2. The summed E-state index contributed by atoms with van der Waals surface area (Å²) in [5, 5.41) is 9.33. The number of benzene rings is 2. The standard InChI is InChI=1S/C30H25N3O6S/c1-2-38-23-12-8-18(9-13-23)25(34)17-39-30(37)19-6-10-22(11-7-19)33-27(35)15-26(29(33)36)40-28-21(16-31)14-20-4-3-5-24(20)32-28/h6-14,26H,2-5,15,17H2,1H3. The average Bonchev–Trinajstić information content (AvgIpc) is 3.54. The van der Waals surface area contributed by atoms with Crippen LogP contribution in [0.5, 0.6) is 5.75 Å². The summed E-state index contributed by atoms with van der Waals surface area (Å²) in [6.45, 7) is 1.94. The fourth-order valence-corrected chi connectivity index (χ4v) is 5.77. The van der Waals surface area contributed by atoms with Gasteiger partial charge in [0.05, 0.1) is 28.7 Å². The molecule has 1 aliphatic carbocycles. The molecule has 1 aliphatic heterocycles. The van der Waals surface area contributed by atoms with Gasteiger partial charge in [-0.1, -0.05) is 11.8 Å². The molecule has 1 atom stereocenters. The predicted molar refractivity (Wildman–Crippen MR) is 146 cm³/mol. The van der Waals surface area contributed by atoms with Gasteiger partial charge >= 0.3 is 5.97 Å². The molecular formula is C30H25N3O6S. The van der Waals surface area contributed by atoms with Crippen LogP contribution in [0.2, 0.25) is 0 Å². The average molecular weight is 556 g/mol. The van der Waals surface area contributed by atoms with Crippen LogP contribution in [-0.4, -0.2) is 47.0 Å². The molecule has 0 N–H and O–H groups in total. The number of hydrogen-bond donors (Lipinski definition) is 0. The van der Waals surface area contributed by atoms with Crippen LogP contribution in [0.15, 0.2) is 59.6 Å². The summed E-state index contributed by atoms with van der Waals surface area (Å²) in [5.41, 5.74) is 3.31. The van der Waals surface area contributed by atoms with Crippen LogP contribution in [0.3, 0.4) is 0 Å². The monoisotopic (exact) mass is 555 g/mol. The number of thioether (sulfide) groups is 1. The number of esters is 1. The maximum Gasteiger partial charge on any atom is 0.338 e. The molecule has 0 spiro atoms. The molecule has 0 radical (unpaired) electrons. The number of rotatable bonds is 9. The number of imide groups is 1. The molecule has 0 saturated carbocycles. The molecule has 2 aliphatic rings. The summed E-state index contributed by atoms with van der Waals surface area (Å²) in [7, 11) is 0. The smallest absolute Gasteiger partial charge is 0.338 e. The second-order valence-electron chi connectivity index (χ2n) is 9.29. The van der Waals surface area contributed by atoms with Crippen molar-refractivity contribution in [3.63, 3.8) is 0 Å². The summed E-state index contributed by atoms with van der Waals surface area (Å²) in [5.74, 6) is -1.20. The quantitative estimate of drug-likeness (QED) is 0.216. The van der Waals surface area contributed by atoms with Crippen LogP contribution in [-0.2, 0) is 27.2 Å². The van der Waals surface area contributed by atoms with Crippen LogP contribution < -0.4 is 9.64 Å². The molecule has 9 nitrogen and oxygen atoms in total. The Morgan fingerprint density at radius 1 is 1.07 bits per heavy atom. The van der Waals surface area contributed by atoms with Gasteiger partial charge < -0.3 is 9.47 Å². The largest absolute Gasteiger partial charge is 0.494 e. The molecule has 1 saturated heterocycles. The first-order chi connectivity index (χ1) is 19.4. The van der Waals surface area contributed by atoms with Crippen LogP contribution in [0, 0.1) is 11.3 Å². The number of pyridine rings is 1. The number of ether oxygens (including phenoxy) is 2. The molecule has 40 heavy (non-hydrogen) atoms. The molecule has 2 amide bonds. The van der Waals surface area contributed by atoms with E-state index in [0.717, 1.165) is 47.2 Å². The molecule has 2 aromatic carbocycles. The first-order valence-electron chi connectivity index (χ1n) is 12.9. The van der Waals surface area contributed by atoms with Gasteiger partial charge in [0, 0.05) is 17.7 Å². The highest BCUT2D eigenvalue weighted by Gasteiger charge is 2.41. The van der Waals surface area contributed by atoms with E-state index in [1.54, 1.807) is 24.3 Å². The predicted octanol–water partition coefficient (Wildman–Crippen LogP) is 4.30. The zero-order valence-electron chi connectivity index (χ0n) is 21.7. The number of aryl methyl sites for hydroxylation is 2. The van der Waals surface area contributed by atoms with Crippen molar-refractivity contribution in [3.8, 4) is 11.8 Å². The third-order valence-corrected chi connectivity index (χ3v) is 7.87.